The first kappa shape index (κ1) is 15.1. The van der Waals surface area contributed by atoms with Crippen molar-refractivity contribution in [3.05, 3.63) is 27.4 Å². The van der Waals surface area contributed by atoms with Gasteiger partial charge in [-0.3, -0.25) is 9.48 Å². The minimum atomic E-state index is -0.347. The third kappa shape index (κ3) is 2.50. The lowest BCUT2D eigenvalue weighted by Gasteiger charge is -2.05. The quantitative estimate of drug-likeness (QED) is 0.909. The highest BCUT2D eigenvalue weighted by Crippen LogP contribution is 2.32. The van der Waals surface area contributed by atoms with Crippen molar-refractivity contribution in [2.24, 2.45) is 7.05 Å². The number of amides is 1. The maximum absolute atomic E-state index is 12.4. The van der Waals surface area contributed by atoms with Crippen LogP contribution in [0.2, 0.25) is 0 Å². The number of anilines is 2. The second-order valence-electron chi connectivity index (χ2n) is 4.74. The zero-order valence-electron chi connectivity index (χ0n) is 12.4. The number of hydrogen-bond acceptors (Lipinski definition) is 5. The molecule has 7 heteroatoms. The van der Waals surface area contributed by atoms with Crippen LogP contribution in [0, 0.1) is 25.2 Å². The number of aromatic nitrogens is 2. The number of carbonyl (C=O) groups excluding carboxylic acids is 1. The molecule has 0 radical (unpaired) electrons. The van der Waals surface area contributed by atoms with E-state index in [-0.39, 0.29) is 5.91 Å². The molecule has 0 atom stereocenters. The second kappa shape index (κ2) is 5.58. The van der Waals surface area contributed by atoms with Crippen LogP contribution in [-0.2, 0) is 13.5 Å². The third-order valence-corrected chi connectivity index (χ3v) is 4.56. The number of thiophene rings is 1. The van der Waals surface area contributed by atoms with Crippen LogP contribution in [0.5, 0.6) is 0 Å². The molecule has 0 bridgehead atoms. The monoisotopic (exact) mass is 303 g/mol. The highest BCUT2D eigenvalue weighted by Gasteiger charge is 2.21. The Hall–Kier alpha value is -2.33. The van der Waals surface area contributed by atoms with Crippen molar-refractivity contribution >= 4 is 27.9 Å². The Morgan fingerprint density at radius 1 is 1.52 bits per heavy atom. The summed E-state index contributed by atoms with van der Waals surface area (Å²) in [5.41, 5.74) is 8.77. The number of aryl methyl sites for hydroxylation is 3. The number of rotatable bonds is 3. The van der Waals surface area contributed by atoms with Gasteiger partial charge in [-0.1, -0.05) is 6.92 Å². The minimum Gasteiger partial charge on any atom is -0.395 e. The summed E-state index contributed by atoms with van der Waals surface area (Å²) in [7, 11) is 1.68. The normalized spacial score (nSPS) is 10.4. The number of nitrogens with zero attached hydrogens (tertiary/aromatic N) is 3. The Morgan fingerprint density at radius 3 is 2.71 bits per heavy atom. The van der Waals surface area contributed by atoms with Crippen LogP contribution in [0.3, 0.4) is 0 Å². The lowest BCUT2D eigenvalue weighted by molar-refractivity contribution is 0.101. The molecule has 0 aliphatic rings. The Bertz CT molecular complexity index is 750. The SMILES string of the molecule is CCc1nn(C)c(C(=O)Nc2sc(C)c(C)c2C#N)c1N. The number of nitrogens with one attached hydrogen (secondary N) is 1. The van der Waals surface area contributed by atoms with Gasteiger partial charge in [0.25, 0.3) is 5.91 Å². The van der Waals surface area contributed by atoms with Crippen LogP contribution in [0.4, 0.5) is 10.7 Å². The molecule has 0 saturated carbocycles. The lowest BCUT2D eigenvalue weighted by Crippen LogP contribution is -2.17. The third-order valence-electron chi connectivity index (χ3n) is 3.43. The van der Waals surface area contributed by atoms with Crippen molar-refractivity contribution in [1.82, 2.24) is 9.78 Å². The molecule has 1 amide bonds. The second-order valence-corrected chi connectivity index (χ2v) is 5.96. The highest BCUT2D eigenvalue weighted by molar-refractivity contribution is 7.16. The average molecular weight is 303 g/mol. The molecular weight excluding hydrogens is 286 g/mol. The molecule has 0 aromatic carbocycles. The molecule has 2 heterocycles. The molecule has 0 fully saturated rings. The molecule has 0 aliphatic carbocycles. The topological polar surface area (TPSA) is 96.7 Å². The summed E-state index contributed by atoms with van der Waals surface area (Å²) in [6.45, 7) is 5.72. The van der Waals surface area contributed by atoms with E-state index in [0.717, 1.165) is 10.4 Å². The van der Waals surface area contributed by atoms with Gasteiger partial charge in [-0.15, -0.1) is 11.3 Å². The first-order chi connectivity index (χ1) is 9.90. The molecule has 2 aromatic heterocycles. The van der Waals surface area contributed by atoms with Crippen molar-refractivity contribution in [3.63, 3.8) is 0 Å². The predicted molar refractivity (Wildman–Crippen MR) is 83.5 cm³/mol. The number of nitrogens with two attached hydrogens (primary N) is 1. The van der Waals surface area contributed by atoms with Crippen LogP contribution in [-0.4, -0.2) is 15.7 Å². The summed E-state index contributed by atoms with van der Waals surface area (Å²) in [5.74, 6) is -0.347. The maximum atomic E-state index is 12.4. The fourth-order valence-electron chi connectivity index (χ4n) is 2.14. The molecule has 3 N–H and O–H groups in total. The number of nitriles is 1. The van der Waals surface area contributed by atoms with Gasteiger partial charge in [0.2, 0.25) is 0 Å². The fourth-order valence-corrected chi connectivity index (χ4v) is 3.14. The first-order valence-corrected chi connectivity index (χ1v) is 7.35. The van der Waals surface area contributed by atoms with Crippen LogP contribution in [0.25, 0.3) is 0 Å². The van der Waals surface area contributed by atoms with Crippen molar-refractivity contribution in [2.75, 3.05) is 11.1 Å². The van der Waals surface area contributed by atoms with Gasteiger partial charge in [-0.25, -0.2) is 0 Å². The molecule has 0 aliphatic heterocycles. The van der Waals surface area contributed by atoms with Gasteiger partial charge in [-0.2, -0.15) is 10.4 Å². The molecule has 0 saturated heterocycles. The van der Waals surface area contributed by atoms with Gasteiger partial charge in [0.1, 0.15) is 16.8 Å². The van der Waals surface area contributed by atoms with Gasteiger partial charge < -0.3 is 11.1 Å². The maximum Gasteiger partial charge on any atom is 0.276 e. The summed E-state index contributed by atoms with van der Waals surface area (Å²) in [6, 6.07) is 2.13. The Labute approximate surface area is 127 Å². The van der Waals surface area contributed by atoms with Gasteiger partial charge in [0.05, 0.1) is 16.9 Å². The molecule has 0 unspecified atom stereocenters. The number of nitrogen functional groups attached to an aromatic ring is 1. The largest absolute Gasteiger partial charge is 0.395 e. The lowest BCUT2D eigenvalue weighted by atomic mass is 10.2. The van der Waals surface area contributed by atoms with Gasteiger partial charge >= 0.3 is 0 Å². The standard InChI is InChI=1S/C14H17N5OS/c1-5-10-11(16)12(19(4)18-10)13(20)17-14-9(6-15)7(2)8(3)21-14/h5,16H2,1-4H3,(H,17,20). The minimum absolute atomic E-state index is 0.319. The molecular formula is C14H17N5OS. The molecule has 6 nitrogen and oxygen atoms in total. The van der Waals surface area contributed by atoms with E-state index in [1.54, 1.807) is 7.05 Å². The van der Waals surface area contributed by atoms with Crippen LogP contribution >= 0.6 is 11.3 Å². The molecule has 110 valence electrons. The fraction of sp³-hybridized carbons (Fsp3) is 0.357. The molecule has 2 rings (SSSR count). The highest BCUT2D eigenvalue weighted by atomic mass is 32.1. The Balaban J connectivity index is 2.38. The number of carbonyl (C=O) groups is 1. The van der Waals surface area contributed by atoms with E-state index in [1.165, 1.54) is 16.0 Å². The van der Waals surface area contributed by atoms with Gasteiger partial charge in [-0.05, 0) is 25.8 Å². The van der Waals surface area contributed by atoms with E-state index in [1.807, 2.05) is 20.8 Å². The van der Waals surface area contributed by atoms with Crippen molar-refractivity contribution in [2.45, 2.75) is 27.2 Å². The zero-order valence-corrected chi connectivity index (χ0v) is 13.3. The summed E-state index contributed by atoms with van der Waals surface area (Å²) in [6.07, 6.45) is 0.660. The number of hydrogen-bond donors (Lipinski definition) is 2. The van der Waals surface area contributed by atoms with E-state index >= 15 is 0 Å². The van der Waals surface area contributed by atoms with Crippen LogP contribution < -0.4 is 11.1 Å². The van der Waals surface area contributed by atoms with Crippen molar-refractivity contribution in [1.29, 1.82) is 5.26 Å². The molecule has 2 aromatic rings. The van der Waals surface area contributed by atoms with Crippen molar-refractivity contribution < 1.29 is 4.79 Å². The molecule has 0 spiro atoms. The summed E-state index contributed by atoms with van der Waals surface area (Å²) >= 11 is 1.39. The van der Waals surface area contributed by atoms with E-state index in [4.69, 9.17) is 5.73 Å². The van der Waals surface area contributed by atoms with Gasteiger partial charge in [0.15, 0.2) is 0 Å². The zero-order chi connectivity index (χ0) is 15.7. The predicted octanol–water partition coefficient (Wildman–Crippen LogP) is 2.37. The Kier molecular flexibility index (Phi) is 4.00. The van der Waals surface area contributed by atoms with E-state index in [2.05, 4.69) is 16.5 Å². The van der Waals surface area contributed by atoms with E-state index in [0.29, 0.717) is 34.1 Å². The average Bonchev–Trinajstić information content (AvgIpc) is 2.87. The van der Waals surface area contributed by atoms with Crippen LogP contribution in [0.1, 0.15) is 39.1 Å². The molecule has 21 heavy (non-hydrogen) atoms. The summed E-state index contributed by atoms with van der Waals surface area (Å²) < 4.78 is 1.48. The van der Waals surface area contributed by atoms with Crippen molar-refractivity contribution in [3.8, 4) is 6.07 Å². The summed E-state index contributed by atoms with van der Waals surface area (Å²) in [5, 5.41) is 16.8. The van der Waals surface area contributed by atoms with Gasteiger partial charge in [0, 0.05) is 11.9 Å². The Morgan fingerprint density at radius 2 is 2.19 bits per heavy atom. The summed E-state index contributed by atoms with van der Waals surface area (Å²) in [4.78, 5) is 13.4. The first-order valence-electron chi connectivity index (χ1n) is 6.53. The van der Waals surface area contributed by atoms with Crippen LogP contribution in [0.15, 0.2) is 0 Å². The smallest absolute Gasteiger partial charge is 0.276 e. The van der Waals surface area contributed by atoms with E-state index < -0.39 is 0 Å². The van der Waals surface area contributed by atoms with E-state index in [9.17, 15) is 10.1 Å².